The smallest absolute Gasteiger partial charge is 0.0472 e. The van der Waals surface area contributed by atoms with Gasteiger partial charge in [-0.1, -0.05) is 41.4 Å². The van der Waals surface area contributed by atoms with Crippen LogP contribution in [-0.4, -0.2) is 19.1 Å². The third kappa shape index (κ3) is 5.89. The molecule has 0 aliphatic rings. The molecule has 96 valence electrons. The van der Waals surface area contributed by atoms with Gasteiger partial charge < -0.3 is 4.74 Å². The summed E-state index contributed by atoms with van der Waals surface area (Å²) in [6.45, 7) is 3.83. The van der Waals surface area contributed by atoms with E-state index in [1.165, 1.54) is 12.0 Å². The molecule has 0 fully saturated rings. The molecule has 1 rings (SSSR count). The number of ether oxygens (including phenoxy) is 1. The molecule has 0 bridgehead atoms. The summed E-state index contributed by atoms with van der Waals surface area (Å²) in [4.78, 5) is 0. The summed E-state index contributed by atoms with van der Waals surface area (Å²) in [5.74, 6) is 1.03. The molecule has 1 unspecified atom stereocenters. The van der Waals surface area contributed by atoms with Gasteiger partial charge in [-0.3, -0.25) is 0 Å². The van der Waals surface area contributed by atoms with Gasteiger partial charge in [0.1, 0.15) is 0 Å². The van der Waals surface area contributed by atoms with Gasteiger partial charge in [-0.15, -0.1) is 11.6 Å². The predicted octanol–water partition coefficient (Wildman–Crippen LogP) is 4.98. The average Bonchev–Trinajstić information content (AvgIpc) is 2.34. The van der Waals surface area contributed by atoms with E-state index in [2.05, 4.69) is 41.1 Å². The SMILES string of the molecule is CCCCOCCC(CCl)c1cccc(Br)c1. The van der Waals surface area contributed by atoms with Gasteiger partial charge in [0.25, 0.3) is 0 Å². The molecule has 0 aromatic heterocycles. The molecular weight excluding hydrogens is 300 g/mol. The highest BCUT2D eigenvalue weighted by atomic mass is 79.9. The second-order valence-electron chi connectivity index (χ2n) is 4.16. The molecule has 1 aromatic carbocycles. The van der Waals surface area contributed by atoms with Crippen LogP contribution >= 0.6 is 27.5 Å². The Bertz CT molecular complexity index is 317. The lowest BCUT2D eigenvalue weighted by Gasteiger charge is -2.14. The number of benzene rings is 1. The topological polar surface area (TPSA) is 9.23 Å². The normalized spacial score (nSPS) is 12.6. The van der Waals surface area contributed by atoms with Crippen LogP contribution < -0.4 is 0 Å². The molecule has 3 heteroatoms. The molecule has 0 amide bonds. The van der Waals surface area contributed by atoms with E-state index in [-0.39, 0.29) is 0 Å². The molecule has 0 N–H and O–H groups in total. The summed E-state index contributed by atoms with van der Waals surface area (Å²) in [5, 5.41) is 0. The van der Waals surface area contributed by atoms with Crippen LogP contribution in [0.1, 0.15) is 37.7 Å². The highest BCUT2D eigenvalue weighted by Gasteiger charge is 2.10. The van der Waals surface area contributed by atoms with Crippen molar-refractivity contribution in [3.8, 4) is 0 Å². The summed E-state index contributed by atoms with van der Waals surface area (Å²) in [6.07, 6.45) is 3.32. The van der Waals surface area contributed by atoms with Crippen LogP contribution in [0, 0.1) is 0 Å². The maximum atomic E-state index is 6.02. The van der Waals surface area contributed by atoms with E-state index in [4.69, 9.17) is 16.3 Å². The molecule has 0 saturated heterocycles. The molecular formula is C14H20BrClO. The zero-order chi connectivity index (χ0) is 12.5. The van der Waals surface area contributed by atoms with E-state index in [0.717, 1.165) is 30.5 Å². The van der Waals surface area contributed by atoms with Gasteiger partial charge in [0.05, 0.1) is 0 Å². The second-order valence-corrected chi connectivity index (χ2v) is 5.39. The van der Waals surface area contributed by atoms with Crippen molar-refractivity contribution < 1.29 is 4.74 Å². The largest absolute Gasteiger partial charge is 0.381 e. The van der Waals surface area contributed by atoms with E-state index in [9.17, 15) is 0 Å². The number of unbranched alkanes of at least 4 members (excludes halogenated alkanes) is 1. The maximum Gasteiger partial charge on any atom is 0.0472 e. The average molecular weight is 320 g/mol. The molecule has 17 heavy (non-hydrogen) atoms. The minimum atomic E-state index is 0.385. The van der Waals surface area contributed by atoms with Crippen LogP contribution in [0.25, 0.3) is 0 Å². The third-order valence-corrected chi connectivity index (χ3v) is 3.62. The second kappa shape index (κ2) is 8.96. The molecule has 0 heterocycles. The monoisotopic (exact) mass is 318 g/mol. The van der Waals surface area contributed by atoms with Crippen molar-refractivity contribution in [1.29, 1.82) is 0 Å². The summed E-state index contributed by atoms with van der Waals surface area (Å²) in [7, 11) is 0. The first-order valence-electron chi connectivity index (χ1n) is 6.17. The van der Waals surface area contributed by atoms with Gasteiger partial charge in [-0.05, 0) is 36.5 Å². The minimum Gasteiger partial charge on any atom is -0.381 e. The van der Waals surface area contributed by atoms with Crippen LogP contribution in [-0.2, 0) is 4.74 Å². The first-order valence-corrected chi connectivity index (χ1v) is 7.49. The van der Waals surface area contributed by atoms with Gasteiger partial charge in [0, 0.05) is 23.6 Å². The highest BCUT2D eigenvalue weighted by Crippen LogP contribution is 2.24. The molecule has 0 aliphatic carbocycles. The Kier molecular flexibility index (Phi) is 7.91. The molecule has 1 aromatic rings. The van der Waals surface area contributed by atoms with Crippen LogP contribution in [0.4, 0.5) is 0 Å². The van der Waals surface area contributed by atoms with E-state index in [1.54, 1.807) is 0 Å². The summed E-state index contributed by atoms with van der Waals surface area (Å²) in [5.41, 5.74) is 1.29. The fourth-order valence-corrected chi connectivity index (χ4v) is 2.42. The molecule has 0 aliphatic heterocycles. The molecule has 0 saturated carbocycles. The maximum absolute atomic E-state index is 6.02. The Balaban J connectivity index is 2.38. The summed E-state index contributed by atoms with van der Waals surface area (Å²) >= 11 is 9.51. The Morgan fingerprint density at radius 1 is 1.35 bits per heavy atom. The Morgan fingerprint density at radius 2 is 2.18 bits per heavy atom. The zero-order valence-electron chi connectivity index (χ0n) is 10.3. The lowest BCUT2D eigenvalue weighted by Crippen LogP contribution is -2.06. The van der Waals surface area contributed by atoms with Crippen molar-refractivity contribution in [1.82, 2.24) is 0 Å². The van der Waals surface area contributed by atoms with E-state index in [1.807, 2.05) is 6.07 Å². The Morgan fingerprint density at radius 3 is 2.82 bits per heavy atom. The van der Waals surface area contributed by atoms with Gasteiger partial charge in [-0.25, -0.2) is 0 Å². The lowest BCUT2D eigenvalue weighted by molar-refractivity contribution is 0.125. The molecule has 1 atom stereocenters. The number of hydrogen-bond donors (Lipinski definition) is 0. The van der Waals surface area contributed by atoms with Crippen molar-refractivity contribution in [3.05, 3.63) is 34.3 Å². The van der Waals surface area contributed by atoms with E-state index < -0.39 is 0 Å². The number of alkyl halides is 1. The fraction of sp³-hybridized carbons (Fsp3) is 0.571. The van der Waals surface area contributed by atoms with E-state index >= 15 is 0 Å². The van der Waals surface area contributed by atoms with Crippen LogP contribution in [0.3, 0.4) is 0 Å². The summed E-state index contributed by atoms with van der Waals surface area (Å²) < 4.78 is 6.70. The summed E-state index contributed by atoms with van der Waals surface area (Å²) in [6, 6.07) is 8.35. The number of hydrogen-bond acceptors (Lipinski definition) is 1. The van der Waals surface area contributed by atoms with Gasteiger partial charge in [0.2, 0.25) is 0 Å². The van der Waals surface area contributed by atoms with E-state index in [0.29, 0.717) is 11.8 Å². The third-order valence-electron chi connectivity index (χ3n) is 2.76. The van der Waals surface area contributed by atoms with Crippen molar-refractivity contribution in [2.24, 2.45) is 0 Å². The predicted molar refractivity (Wildman–Crippen MR) is 77.9 cm³/mol. The van der Waals surface area contributed by atoms with Crippen molar-refractivity contribution in [2.75, 3.05) is 19.1 Å². The lowest BCUT2D eigenvalue weighted by atomic mass is 9.98. The first-order chi connectivity index (χ1) is 8.27. The number of halogens is 2. The number of rotatable bonds is 8. The van der Waals surface area contributed by atoms with Crippen molar-refractivity contribution in [3.63, 3.8) is 0 Å². The fourth-order valence-electron chi connectivity index (χ4n) is 1.67. The van der Waals surface area contributed by atoms with Gasteiger partial charge in [-0.2, -0.15) is 0 Å². The highest BCUT2D eigenvalue weighted by molar-refractivity contribution is 9.10. The zero-order valence-corrected chi connectivity index (χ0v) is 12.6. The Hall–Kier alpha value is -0.0500. The Labute approximate surface area is 118 Å². The first kappa shape index (κ1) is 15.0. The molecule has 1 nitrogen and oxygen atoms in total. The van der Waals surface area contributed by atoms with Gasteiger partial charge in [0.15, 0.2) is 0 Å². The van der Waals surface area contributed by atoms with Crippen molar-refractivity contribution >= 4 is 27.5 Å². The van der Waals surface area contributed by atoms with Crippen LogP contribution in [0.15, 0.2) is 28.7 Å². The quantitative estimate of drug-likeness (QED) is 0.485. The molecule has 0 spiro atoms. The van der Waals surface area contributed by atoms with Crippen LogP contribution in [0.2, 0.25) is 0 Å². The molecule has 0 radical (unpaired) electrons. The van der Waals surface area contributed by atoms with Crippen LogP contribution in [0.5, 0.6) is 0 Å². The van der Waals surface area contributed by atoms with Gasteiger partial charge >= 0.3 is 0 Å². The minimum absolute atomic E-state index is 0.385. The van der Waals surface area contributed by atoms with Crippen molar-refractivity contribution in [2.45, 2.75) is 32.1 Å². The standard InChI is InChI=1S/C14H20BrClO/c1-2-3-8-17-9-7-13(11-16)12-5-4-6-14(15)10-12/h4-6,10,13H,2-3,7-9,11H2,1H3.